The van der Waals surface area contributed by atoms with Crippen LogP contribution in [0.15, 0.2) is 0 Å². The van der Waals surface area contributed by atoms with Crippen LogP contribution in [0, 0.1) is 0 Å². The molecule has 0 unspecified atom stereocenters. The first kappa shape index (κ1) is 17.9. The zero-order chi connectivity index (χ0) is 13.3. The molecular formula is C16H35NO. The molecule has 18 heavy (non-hydrogen) atoms. The Morgan fingerprint density at radius 3 is 1.72 bits per heavy atom. The predicted octanol–water partition coefficient (Wildman–Crippen LogP) is 5.23. The maximum absolute atomic E-state index is 5.39. The molecule has 0 aromatic heterocycles. The zero-order valence-electron chi connectivity index (χ0n) is 12.8. The fourth-order valence-corrected chi connectivity index (χ4v) is 2.08. The van der Waals surface area contributed by atoms with Crippen molar-refractivity contribution in [2.45, 2.75) is 90.9 Å². The van der Waals surface area contributed by atoms with Crippen LogP contribution in [0.25, 0.3) is 0 Å². The van der Waals surface area contributed by atoms with Gasteiger partial charge in [0.2, 0.25) is 0 Å². The minimum absolute atomic E-state index is 0.872. The fraction of sp³-hybridized carbons (Fsp3) is 1.00. The maximum Gasteiger partial charge on any atom is 0.0682 e. The normalized spacial score (nSPS) is 11.0. The van der Waals surface area contributed by atoms with Gasteiger partial charge in [-0.2, -0.15) is 0 Å². The zero-order valence-corrected chi connectivity index (χ0v) is 12.8. The van der Waals surface area contributed by atoms with Gasteiger partial charge in [0.1, 0.15) is 0 Å². The lowest BCUT2D eigenvalue weighted by atomic mass is 10.1. The number of hydroxylamine groups is 1. The second kappa shape index (κ2) is 16.9. The predicted molar refractivity (Wildman–Crippen MR) is 80.7 cm³/mol. The minimum Gasteiger partial charge on any atom is -0.302 e. The highest BCUT2D eigenvalue weighted by Crippen LogP contribution is 2.07. The smallest absolute Gasteiger partial charge is 0.0682 e. The maximum atomic E-state index is 5.39. The fourth-order valence-electron chi connectivity index (χ4n) is 2.08. The number of unbranched alkanes of at least 4 members (excludes halogenated alkanes) is 10. The Balaban J connectivity index is 2.86. The van der Waals surface area contributed by atoms with E-state index >= 15 is 0 Å². The highest BCUT2D eigenvalue weighted by molar-refractivity contribution is 4.46. The van der Waals surface area contributed by atoms with Crippen LogP contribution < -0.4 is 5.48 Å². The van der Waals surface area contributed by atoms with E-state index in [9.17, 15) is 0 Å². The third-order valence-corrected chi connectivity index (χ3v) is 3.33. The van der Waals surface area contributed by atoms with Crippen LogP contribution in [0.4, 0.5) is 0 Å². The second-order valence-corrected chi connectivity index (χ2v) is 5.28. The van der Waals surface area contributed by atoms with Crippen molar-refractivity contribution in [3.8, 4) is 0 Å². The molecule has 0 rings (SSSR count). The van der Waals surface area contributed by atoms with Crippen LogP contribution in [0.1, 0.15) is 90.9 Å². The van der Waals surface area contributed by atoms with Crippen molar-refractivity contribution in [1.82, 2.24) is 5.48 Å². The summed E-state index contributed by atoms with van der Waals surface area (Å²) in [5.41, 5.74) is 3.07. The summed E-state index contributed by atoms with van der Waals surface area (Å²) in [6.45, 7) is 6.40. The summed E-state index contributed by atoms with van der Waals surface area (Å²) in [5.74, 6) is 0. The summed E-state index contributed by atoms with van der Waals surface area (Å²) in [5, 5.41) is 0. The first-order valence-electron chi connectivity index (χ1n) is 8.26. The van der Waals surface area contributed by atoms with Gasteiger partial charge in [0.15, 0.2) is 0 Å². The summed E-state index contributed by atoms with van der Waals surface area (Å²) in [4.78, 5) is 5.39. The van der Waals surface area contributed by atoms with Crippen LogP contribution in [-0.2, 0) is 4.84 Å². The Morgan fingerprint density at radius 2 is 1.11 bits per heavy atom. The highest BCUT2D eigenvalue weighted by atomic mass is 16.6. The number of hydrogen-bond acceptors (Lipinski definition) is 2. The summed E-state index contributed by atoms with van der Waals surface area (Å²) in [7, 11) is 0. The van der Waals surface area contributed by atoms with Crippen molar-refractivity contribution in [2.24, 2.45) is 0 Å². The van der Waals surface area contributed by atoms with Crippen LogP contribution in [-0.4, -0.2) is 13.2 Å². The van der Waals surface area contributed by atoms with Gasteiger partial charge < -0.3 is 4.84 Å². The van der Waals surface area contributed by atoms with E-state index in [4.69, 9.17) is 4.84 Å². The summed E-state index contributed by atoms with van der Waals surface area (Å²) in [6, 6.07) is 0. The van der Waals surface area contributed by atoms with Gasteiger partial charge in [-0.3, -0.25) is 0 Å². The topological polar surface area (TPSA) is 21.3 Å². The molecule has 0 fully saturated rings. The van der Waals surface area contributed by atoms with Crippen molar-refractivity contribution < 1.29 is 4.84 Å². The van der Waals surface area contributed by atoms with Crippen molar-refractivity contribution in [3.05, 3.63) is 0 Å². The molecule has 0 aliphatic carbocycles. The van der Waals surface area contributed by atoms with Gasteiger partial charge in [0, 0.05) is 6.54 Å². The van der Waals surface area contributed by atoms with Gasteiger partial charge in [-0.25, -0.2) is 5.48 Å². The minimum atomic E-state index is 0.872. The third-order valence-electron chi connectivity index (χ3n) is 3.33. The van der Waals surface area contributed by atoms with E-state index in [-0.39, 0.29) is 0 Å². The monoisotopic (exact) mass is 257 g/mol. The Bertz CT molecular complexity index is 123. The Labute approximate surface area is 115 Å². The van der Waals surface area contributed by atoms with Gasteiger partial charge in [0.05, 0.1) is 6.61 Å². The lowest BCUT2D eigenvalue weighted by Gasteiger charge is -2.05. The molecule has 0 aromatic rings. The molecule has 2 heteroatoms. The van der Waals surface area contributed by atoms with Crippen molar-refractivity contribution in [2.75, 3.05) is 13.2 Å². The first-order chi connectivity index (χ1) is 8.91. The molecule has 0 saturated carbocycles. The molecule has 0 aromatic carbocycles. The quantitative estimate of drug-likeness (QED) is 0.320. The summed E-state index contributed by atoms with van der Waals surface area (Å²) < 4.78 is 0. The Hall–Kier alpha value is -0.0800. The third kappa shape index (κ3) is 15.9. The standard InChI is InChI=1S/C16H35NO/c1-3-5-7-9-10-11-12-13-15-17-18-16-14-8-6-4-2/h17H,3-16H2,1-2H3. The molecule has 0 heterocycles. The van der Waals surface area contributed by atoms with E-state index in [2.05, 4.69) is 19.3 Å². The lowest BCUT2D eigenvalue weighted by Crippen LogP contribution is -2.16. The summed E-state index contributed by atoms with van der Waals surface area (Å²) >= 11 is 0. The average Bonchev–Trinajstić information content (AvgIpc) is 2.39. The molecule has 1 N–H and O–H groups in total. The molecule has 0 aliphatic heterocycles. The average molecular weight is 257 g/mol. The largest absolute Gasteiger partial charge is 0.302 e. The van der Waals surface area contributed by atoms with E-state index < -0.39 is 0 Å². The van der Waals surface area contributed by atoms with Gasteiger partial charge >= 0.3 is 0 Å². The molecule has 0 bridgehead atoms. The molecular weight excluding hydrogens is 222 g/mol. The second-order valence-electron chi connectivity index (χ2n) is 5.28. The van der Waals surface area contributed by atoms with Gasteiger partial charge in [-0.05, 0) is 12.8 Å². The number of hydrogen-bond donors (Lipinski definition) is 1. The van der Waals surface area contributed by atoms with Gasteiger partial charge in [0.25, 0.3) is 0 Å². The summed E-state index contributed by atoms with van der Waals surface area (Å²) in [6.07, 6.45) is 16.1. The van der Waals surface area contributed by atoms with E-state index in [1.165, 1.54) is 77.0 Å². The van der Waals surface area contributed by atoms with E-state index in [0.717, 1.165) is 13.2 Å². The number of rotatable bonds is 15. The highest BCUT2D eigenvalue weighted by Gasteiger charge is 1.92. The molecule has 2 nitrogen and oxygen atoms in total. The van der Waals surface area contributed by atoms with E-state index in [1.54, 1.807) is 0 Å². The molecule has 0 radical (unpaired) electrons. The molecule has 0 spiro atoms. The Kier molecular flexibility index (Phi) is 16.8. The van der Waals surface area contributed by atoms with Crippen molar-refractivity contribution >= 4 is 0 Å². The Morgan fingerprint density at radius 1 is 0.611 bits per heavy atom. The van der Waals surface area contributed by atoms with Crippen LogP contribution in [0.5, 0.6) is 0 Å². The molecule has 0 amide bonds. The van der Waals surface area contributed by atoms with Crippen molar-refractivity contribution in [1.29, 1.82) is 0 Å². The molecule has 110 valence electrons. The lowest BCUT2D eigenvalue weighted by molar-refractivity contribution is 0.0377. The number of nitrogens with one attached hydrogen (secondary N) is 1. The SMILES string of the molecule is CCCCCCCCCCNOCCCCCC. The van der Waals surface area contributed by atoms with E-state index in [0.29, 0.717) is 0 Å². The van der Waals surface area contributed by atoms with E-state index in [1.807, 2.05) is 0 Å². The van der Waals surface area contributed by atoms with Crippen LogP contribution >= 0.6 is 0 Å². The molecule has 0 saturated heterocycles. The van der Waals surface area contributed by atoms with Crippen LogP contribution in [0.2, 0.25) is 0 Å². The first-order valence-corrected chi connectivity index (χ1v) is 8.26. The molecule has 0 aliphatic rings. The van der Waals surface area contributed by atoms with Crippen LogP contribution in [0.3, 0.4) is 0 Å². The van der Waals surface area contributed by atoms with Gasteiger partial charge in [-0.15, -0.1) is 0 Å². The van der Waals surface area contributed by atoms with Gasteiger partial charge in [-0.1, -0.05) is 78.1 Å². The molecule has 0 atom stereocenters. The van der Waals surface area contributed by atoms with Crippen molar-refractivity contribution in [3.63, 3.8) is 0 Å².